The van der Waals surface area contributed by atoms with E-state index in [0.29, 0.717) is 6.61 Å². The van der Waals surface area contributed by atoms with Crippen LogP contribution in [0, 0.1) is 5.41 Å². The lowest BCUT2D eigenvalue weighted by Crippen LogP contribution is -2.45. The van der Waals surface area contributed by atoms with E-state index in [0.717, 1.165) is 38.0 Å². The quantitative estimate of drug-likeness (QED) is 0.735. The molecule has 1 aliphatic heterocycles. The molecule has 1 atom stereocenters. The van der Waals surface area contributed by atoms with Crippen molar-refractivity contribution < 1.29 is 9.13 Å². The number of likely N-dealkylation sites (tertiary alicyclic amines) is 1. The monoisotopic (exact) mass is 229 g/mol. The lowest BCUT2D eigenvalue weighted by Gasteiger charge is -2.41. The third-order valence-corrected chi connectivity index (χ3v) is 3.36. The van der Waals surface area contributed by atoms with Gasteiger partial charge in [0.05, 0.1) is 19.0 Å². The molecule has 0 radical (unpaired) electrons. The summed E-state index contributed by atoms with van der Waals surface area (Å²) in [7, 11) is 0. The maximum absolute atomic E-state index is 12.9. The topological polar surface area (TPSA) is 12.5 Å². The van der Waals surface area contributed by atoms with Crippen molar-refractivity contribution in [3.63, 3.8) is 0 Å². The summed E-state index contributed by atoms with van der Waals surface area (Å²) < 4.78 is 18.6. The lowest BCUT2D eigenvalue weighted by atomic mass is 9.78. The molecule has 0 aromatic heterocycles. The minimum absolute atomic E-state index is 0.159. The van der Waals surface area contributed by atoms with E-state index in [2.05, 4.69) is 18.7 Å². The van der Waals surface area contributed by atoms with Gasteiger partial charge in [-0.25, -0.2) is 4.39 Å². The number of hydrogen-bond donors (Lipinski definition) is 0. The highest BCUT2D eigenvalue weighted by molar-refractivity contribution is 5.15. The van der Waals surface area contributed by atoms with E-state index in [1.54, 1.807) is 0 Å². The van der Waals surface area contributed by atoms with Crippen LogP contribution in [0.3, 0.4) is 0 Å². The number of rotatable bonds is 4. The second kappa shape index (κ2) is 5.78. The van der Waals surface area contributed by atoms with Crippen LogP contribution in [0.5, 0.6) is 0 Å². The third kappa shape index (κ3) is 3.29. The van der Waals surface area contributed by atoms with Gasteiger partial charge in [-0.3, -0.25) is 0 Å². The number of halogens is 1. The first-order chi connectivity index (χ1) is 7.51. The first-order valence-corrected chi connectivity index (χ1v) is 6.15. The zero-order valence-electron chi connectivity index (χ0n) is 10.9. The van der Waals surface area contributed by atoms with Gasteiger partial charge in [-0.15, -0.1) is 0 Å². The predicted octanol–water partition coefficient (Wildman–Crippen LogP) is 3.00. The minimum atomic E-state index is -0.159. The third-order valence-electron chi connectivity index (χ3n) is 3.36. The van der Waals surface area contributed by atoms with Crippen LogP contribution in [0.15, 0.2) is 11.9 Å². The van der Waals surface area contributed by atoms with Crippen molar-refractivity contribution in [3.05, 3.63) is 11.9 Å². The van der Waals surface area contributed by atoms with Crippen LogP contribution in [0.4, 0.5) is 4.39 Å². The molecule has 1 fully saturated rings. The maximum Gasteiger partial charge on any atom is 0.0866 e. The van der Waals surface area contributed by atoms with Gasteiger partial charge in [0.2, 0.25) is 0 Å². The minimum Gasteiger partial charge on any atom is -0.378 e. The molecule has 0 unspecified atom stereocenters. The van der Waals surface area contributed by atoms with Gasteiger partial charge in [0.15, 0.2) is 0 Å². The van der Waals surface area contributed by atoms with Gasteiger partial charge in [0.1, 0.15) is 0 Å². The van der Waals surface area contributed by atoms with Gasteiger partial charge in [-0.05, 0) is 32.4 Å². The Bertz CT molecular complexity index is 252. The van der Waals surface area contributed by atoms with Crippen LogP contribution in [0.1, 0.15) is 34.1 Å². The molecule has 16 heavy (non-hydrogen) atoms. The standard InChI is InChI=1S/C13H24FNO/c1-5-15-7-6-12(8-14)13(4,9-15)10-16-11(2)3/h8,11H,5-7,9-10H2,1-4H3/b12-8+/t13-/m0/s1. The summed E-state index contributed by atoms with van der Waals surface area (Å²) in [4.78, 5) is 2.36. The molecule has 0 aliphatic carbocycles. The van der Waals surface area contributed by atoms with Gasteiger partial charge >= 0.3 is 0 Å². The smallest absolute Gasteiger partial charge is 0.0866 e. The second-order valence-corrected chi connectivity index (χ2v) is 5.17. The highest BCUT2D eigenvalue weighted by atomic mass is 19.1. The fourth-order valence-electron chi connectivity index (χ4n) is 2.20. The lowest BCUT2D eigenvalue weighted by molar-refractivity contribution is 0.00357. The van der Waals surface area contributed by atoms with Crippen molar-refractivity contribution in [1.29, 1.82) is 0 Å². The fourth-order valence-corrected chi connectivity index (χ4v) is 2.20. The molecule has 2 nitrogen and oxygen atoms in total. The van der Waals surface area contributed by atoms with Crippen LogP contribution < -0.4 is 0 Å². The van der Waals surface area contributed by atoms with E-state index in [1.807, 2.05) is 13.8 Å². The fraction of sp³-hybridized carbons (Fsp3) is 0.846. The molecule has 0 aromatic carbocycles. The van der Waals surface area contributed by atoms with Gasteiger partial charge in [-0.2, -0.15) is 0 Å². The van der Waals surface area contributed by atoms with E-state index >= 15 is 0 Å². The van der Waals surface area contributed by atoms with Gasteiger partial charge in [0.25, 0.3) is 0 Å². The van der Waals surface area contributed by atoms with E-state index in [1.165, 1.54) is 0 Å². The van der Waals surface area contributed by atoms with E-state index in [4.69, 9.17) is 4.74 Å². The molecule has 3 heteroatoms. The molecular weight excluding hydrogens is 205 g/mol. The molecule has 0 bridgehead atoms. The van der Waals surface area contributed by atoms with E-state index in [-0.39, 0.29) is 11.5 Å². The van der Waals surface area contributed by atoms with Crippen molar-refractivity contribution >= 4 is 0 Å². The summed E-state index contributed by atoms with van der Waals surface area (Å²) in [5, 5.41) is 0. The predicted molar refractivity (Wildman–Crippen MR) is 65.1 cm³/mol. The van der Waals surface area contributed by atoms with Gasteiger partial charge in [0, 0.05) is 18.5 Å². The molecule has 0 amide bonds. The molecule has 1 rings (SSSR count). The average molecular weight is 229 g/mol. The average Bonchev–Trinajstić information content (AvgIpc) is 2.26. The van der Waals surface area contributed by atoms with E-state index in [9.17, 15) is 4.39 Å². The molecule has 0 saturated carbocycles. The summed E-state index contributed by atoms with van der Waals surface area (Å²) in [6.45, 7) is 11.8. The summed E-state index contributed by atoms with van der Waals surface area (Å²) in [6.07, 6.45) is 1.81. The van der Waals surface area contributed by atoms with Crippen LogP contribution in [0.25, 0.3) is 0 Å². The van der Waals surface area contributed by atoms with Crippen LogP contribution in [-0.4, -0.2) is 37.2 Å². The van der Waals surface area contributed by atoms with Crippen molar-refractivity contribution in [2.24, 2.45) is 5.41 Å². The Labute approximate surface area is 98.5 Å². The molecule has 0 N–H and O–H groups in total. The van der Waals surface area contributed by atoms with Crippen LogP contribution >= 0.6 is 0 Å². The molecule has 94 valence electrons. The first-order valence-electron chi connectivity index (χ1n) is 6.15. The summed E-state index contributed by atoms with van der Waals surface area (Å²) in [6, 6.07) is 0. The van der Waals surface area contributed by atoms with Crippen LogP contribution in [0.2, 0.25) is 0 Å². The van der Waals surface area contributed by atoms with Gasteiger partial charge < -0.3 is 9.64 Å². The number of ether oxygens (including phenoxy) is 1. The number of nitrogens with zero attached hydrogens (tertiary/aromatic N) is 1. The first kappa shape index (κ1) is 13.7. The van der Waals surface area contributed by atoms with Crippen molar-refractivity contribution in [2.75, 3.05) is 26.2 Å². The van der Waals surface area contributed by atoms with Crippen molar-refractivity contribution in [3.8, 4) is 0 Å². The highest BCUT2D eigenvalue weighted by Crippen LogP contribution is 2.35. The number of piperidine rings is 1. The Hall–Kier alpha value is -0.410. The largest absolute Gasteiger partial charge is 0.378 e. The van der Waals surface area contributed by atoms with E-state index < -0.39 is 0 Å². The second-order valence-electron chi connectivity index (χ2n) is 5.17. The van der Waals surface area contributed by atoms with Crippen molar-refractivity contribution in [1.82, 2.24) is 4.90 Å². The van der Waals surface area contributed by atoms with Gasteiger partial charge in [-0.1, -0.05) is 13.8 Å². The Balaban J connectivity index is 2.69. The Morgan fingerprint density at radius 2 is 2.25 bits per heavy atom. The zero-order chi connectivity index (χ0) is 12.2. The molecule has 1 heterocycles. The molecular formula is C13H24FNO. The van der Waals surface area contributed by atoms with Crippen LogP contribution in [-0.2, 0) is 4.74 Å². The SMILES string of the molecule is CCN1CC/C(=C\F)[C@](C)(COC(C)C)C1. The summed E-state index contributed by atoms with van der Waals surface area (Å²) in [5.74, 6) is 0. The Kier molecular flexibility index (Phi) is 4.93. The normalized spacial score (nSPS) is 30.2. The maximum atomic E-state index is 12.9. The highest BCUT2D eigenvalue weighted by Gasteiger charge is 2.35. The Morgan fingerprint density at radius 1 is 1.56 bits per heavy atom. The molecule has 0 spiro atoms. The summed E-state index contributed by atoms with van der Waals surface area (Å²) in [5.41, 5.74) is 0.741. The molecule has 1 saturated heterocycles. The molecule has 0 aromatic rings. The van der Waals surface area contributed by atoms with Crippen molar-refractivity contribution in [2.45, 2.75) is 40.2 Å². The molecule has 1 aliphatic rings. The summed E-state index contributed by atoms with van der Waals surface area (Å²) >= 11 is 0. The zero-order valence-corrected chi connectivity index (χ0v) is 10.9. The Morgan fingerprint density at radius 3 is 2.75 bits per heavy atom. The number of hydrogen-bond acceptors (Lipinski definition) is 2.